The molecule has 1 N–H and O–H groups in total. The lowest BCUT2D eigenvalue weighted by atomic mass is 9.90. The molecule has 0 unspecified atom stereocenters. The normalized spacial score (nSPS) is 16.1. The Morgan fingerprint density at radius 3 is 2.33 bits per heavy atom. The van der Waals surface area contributed by atoms with E-state index < -0.39 is 10.5 Å². The first-order valence-corrected chi connectivity index (χ1v) is 4.24. The van der Waals surface area contributed by atoms with Gasteiger partial charge in [0, 0.05) is 4.92 Å². The number of aliphatic hydroxyl groups is 1. The summed E-state index contributed by atoms with van der Waals surface area (Å²) in [7, 11) is 0. The minimum absolute atomic E-state index is 0.287. The van der Waals surface area contributed by atoms with E-state index in [2.05, 4.69) is 0 Å². The summed E-state index contributed by atoms with van der Waals surface area (Å²) in [4.78, 5) is 9.75. The van der Waals surface area contributed by atoms with Gasteiger partial charge in [-0.05, 0) is 18.8 Å². The van der Waals surface area contributed by atoms with E-state index in [0.717, 1.165) is 0 Å². The molecule has 0 aromatic rings. The second-order valence-corrected chi connectivity index (χ2v) is 3.67. The van der Waals surface area contributed by atoms with Crippen LogP contribution in [0.2, 0.25) is 0 Å². The molecular weight excluding hydrogens is 158 g/mol. The van der Waals surface area contributed by atoms with E-state index in [0.29, 0.717) is 12.8 Å². The van der Waals surface area contributed by atoms with Crippen LogP contribution < -0.4 is 0 Å². The standard InChI is InChI=1S/C8H17NO3/c1-4-8(10,5-7(2)3)6-9(11)12/h7,10H,4-6H2,1-3H3/t8-/m1/s1. The van der Waals surface area contributed by atoms with E-state index in [4.69, 9.17) is 0 Å². The van der Waals surface area contributed by atoms with Crippen LogP contribution in [0.4, 0.5) is 0 Å². The Kier molecular flexibility index (Phi) is 4.17. The average Bonchev–Trinajstić information content (AvgIpc) is 1.83. The molecule has 0 amide bonds. The largest absolute Gasteiger partial charge is 0.383 e. The van der Waals surface area contributed by atoms with E-state index in [-0.39, 0.29) is 12.5 Å². The topological polar surface area (TPSA) is 63.4 Å². The van der Waals surface area contributed by atoms with Crippen LogP contribution in [0.15, 0.2) is 0 Å². The van der Waals surface area contributed by atoms with Gasteiger partial charge in [-0.3, -0.25) is 10.1 Å². The molecule has 0 aromatic carbocycles. The maximum Gasteiger partial charge on any atom is 0.232 e. The predicted molar refractivity (Wildman–Crippen MR) is 46.6 cm³/mol. The van der Waals surface area contributed by atoms with Crippen LogP contribution in [0.3, 0.4) is 0 Å². The average molecular weight is 175 g/mol. The van der Waals surface area contributed by atoms with E-state index in [1.54, 1.807) is 6.92 Å². The van der Waals surface area contributed by atoms with Crippen molar-refractivity contribution >= 4 is 0 Å². The second-order valence-electron chi connectivity index (χ2n) is 3.67. The molecule has 4 nitrogen and oxygen atoms in total. The molecule has 0 aromatic heterocycles. The summed E-state index contributed by atoms with van der Waals surface area (Å²) in [5.41, 5.74) is -1.11. The fourth-order valence-corrected chi connectivity index (χ4v) is 1.32. The van der Waals surface area contributed by atoms with Gasteiger partial charge < -0.3 is 5.11 Å². The van der Waals surface area contributed by atoms with Gasteiger partial charge in [-0.15, -0.1) is 0 Å². The molecule has 0 aliphatic carbocycles. The van der Waals surface area contributed by atoms with Crippen LogP contribution in [-0.2, 0) is 0 Å². The molecule has 0 rings (SSSR count). The molecule has 1 atom stereocenters. The highest BCUT2D eigenvalue weighted by molar-refractivity contribution is 4.76. The third-order valence-corrected chi connectivity index (χ3v) is 1.87. The van der Waals surface area contributed by atoms with Gasteiger partial charge in [-0.1, -0.05) is 20.8 Å². The van der Waals surface area contributed by atoms with E-state index in [9.17, 15) is 15.2 Å². The molecule has 0 bridgehead atoms. The van der Waals surface area contributed by atoms with Crippen molar-refractivity contribution in [2.45, 2.75) is 39.2 Å². The smallest absolute Gasteiger partial charge is 0.232 e. The third kappa shape index (κ3) is 4.28. The zero-order valence-electron chi connectivity index (χ0n) is 7.91. The van der Waals surface area contributed by atoms with Crippen LogP contribution in [0.25, 0.3) is 0 Å². The zero-order chi connectivity index (χ0) is 9.78. The predicted octanol–water partition coefficient (Wildman–Crippen LogP) is 1.45. The molecule has 0 aliphatic rings. The van der Waals surface area contributed by atoms with E-state index in [1.807, 2.05) is 13.8 Å². The minimum Gasteiger partial charge on any atom is -0.383 e. The highest BCUT2D eigenvalue weighted by Crippen LogP contribution is 2.20. The first-order chi connectivity index (χ1) is 5.39. The van der Waals surface area contributed by atoms with Gasteiger partial charge in [0.05, 0.1) is 0 Å². The van der Waals surface area contributed by atoms with Gasteiger partial charge in [0.15, 0.2) is 0 Å². The van der Waals surface area contributed by atoms with Gasteiger partial charge in [0.25, 0.3) is 0 Å². The Morgan fingerprint density at radius 1 is 1.58 bits per heavy atom. The molecule has 0 heterocycles. The molecule has 72 valence electrons. The zero-order valence-corrected chi connectivity index (χ0v) is 7.91. The highest BCUT2D eigenvalue weighted by Gasteiger charge is 2.31. The molecular formula is C8H17NO3. The van der Waals surface area contributed by atoms with Crippen molar-refractivity contribution in [3.8, 4) is 0 Å². The van der Waals surface area contributed by atoms with Crippen molar-refractivity contribution in [1.29, 1.82) is 0 Å². The second kappa shape index (κ2) is 4.40. The molecule has 0 radical (unpaired) electrons. The van der Waals surface area contributed by atoms with Crippen molar-refractivity contribution in [1.82, 2.24) is 0 Å². The van der Waals surface area contributed by atoms with Crippen molar-refractivity contribution in [2.24, 2.45) is 5.92 Å². The minimum atomic E-state index is -1.11. The summed E-state index contributed by atoms with van der Waals surface area (Å²) in [6, 6.07) is 0. The van der Waals surface area contributed by atoms with Crippen molar-refractivity contribution in [3.63, 3.8) is 0 Å². The molecule has 0 spiro atoms. The lowest BCUT2D eigenvalue weighted by Gasteiger charge is -2.23. The summed E-state index contributed by atoms with van der Waals surface area (Å²) in [6.45, 7) is 5.31. The maximum absolute atomic E-state index is 10.2. The molecule has 4 heteroatoms. The third-order valence-electron chi connectivity index (χ3n) is 1.87. The maximum atomic E-state index is 10.2. The molecule has 0 fully saturated rings. The lowest BCUT2D eigenvalue weighted by Crippen LogP contribution is -2.37. The van der Waals surface area contributed by atoms with Gasteiger partial charge >= 0.3 is 0 Å². The van der Waals surface area contributed by atoms with Crippen molar-refractivity contribution in [3.05, 3.63) is 10.1 Å². The number of hydrogen-bond donors (Lipinski definition) is 1. The number of hydrogen-bond acceptors (Lipinski definition) is 3. The van der Waals surface area contributed by atoms with E-state index >= 15 is 0 Å². The fraction of sp³-hybridized carbons (Fsp3) is 1.00. The first kappa shape index (κ1) is 11.4. The highest BCUT2D eigenvalue weighted by atomic mass is 16.6. The Bertz CT molecular complexity index is 158. The van der Waals surface area contributed by atoms with Crippen LogP contribution >= 0.6 is 0 Å². The molecule has 12 heavy (non-hydrogen) atoms. The number of nitro groups is 1. The Labute approximate surface area is 72.7 Å². The summed E-state index contributed by atoms with van der Waals surface area (Å²) in [5, 5.41) is 19.9. The van der Waals surface area contributed by atoms with Gasteiger partial charge in [0.2, 0.25) is 6.54 Å². The quantitative estimate of drug-likeness (QED) is 0.508. The molecule has 0 saturated heterocycles. The van der Waals surface area contributed by atoms with Gasteiger partial charge in [-0.2, -0.15) is 0 Å². The number of rotatable bonds is 5. The van der Waals surface area contributed by atoms with Gasteiger partial charge in [-0.25, -0.2) is 0 Å². The van der Waals surface area contributed by atoms with Crippen LogP contribution in [0, 0.1) is 16.0 Å². The number of nitrogens with zero attached hydrogens (tertiary/aromatic N) is 1. The van der Waals surface area contributed by atoms with Crippen molar-refractivity contribution in [2.75, 3.05) is 6.54 Å². The first-order valence-electron chi connectivity index (χ1n) is 4.24. The Morgan fingerprint density at radius 2 is 2.08 bits per heavy atom. The lowest BCUT2D eigenvalue weighted by molar-refractivity contribution is -0.501. The van der Waals surface area contributed by atoms with Crippen LogP contribution in [0.5, 0.6) is 0 Å². The molecule has 0 aliphatic heterocycles. The van der Waals surface area contributed by atoms with Gasteiger partial charge in [0.1, 0.15) is 5.60 Å². The summed E-state index contributed by atoms with van der Waals surface area (Å²) < 4.78 is 0. The van der Waals surface area contributed by atoms with Crippen LogP contribution in [0.1, 0.15) is 33.6 Å². The van der Waals surface area contributed by atoms with E-state index in [1.165, 1.54) is 0 Å². The molecule has 0 saturated carbocycles. The Balaban J connectivity index is 4.13. The summed E-state index contributed by atoms with van der Waals surface area (Å²) in [6.07, 6.45) is 0.927. The Hall–Kier alpha value is -0.640. The SMILES string of the molecule is CC[C@@](O)(CC(C)C)C[N+](=O)[O-]. The fourth-order valence-electron chi connectivity index (χ4n) is 1.32. The monoisotopic (exact) mass is 175 g/mol. The summed E-state index contributed by atoms with van der Waals surface area (Å²) in [5.74, 6) is 0.287. The summed E-state index contributed by atoms with van der Waals surface area (Å²) >= 11 is 0. The van der Waals surface area contributed by atoms with Crippen molar-refractivity contribution < 1.29 is 10.0 Å². The van der Waals surface area contributed by atoms with Crippen LogP contribution in [-0.4, -0.2) is 22.2 Å².